The van der Waals surface area contributed by atoms with Crippen LogP contribution in [-0.2, 0) is 44.8 Å². The van der Waals surface area contributed by atoms with Crippen LogP contribution in [0.4, 0.5) is 0 Å². The van der Waals surface area contributed by atoms with Gasteiger partial charge < -0.3 is 34.9 Å². The number of carbonyl (C=O) groups excluding carboxylic acids is 4. The van der Waals surface area contributed by atoms with E-state index >= 15 is 0 Å². The van der Waals surface area contributed by atoms with Crippen LogP contribution in [0.15, 0.2) is 30.3 Å². The molecule has 4 fully saturated rings. The van der Waals surface area contributed by atoms with Gasteiger partial charge in [0.05, 0.1) is 13.2 Å². The first-order chi connectivity index (χ1) is 24.1. The van der Waals surface area contributed by atoms with Crippen molar-refractivity contribution in [3.63, 3.8) is 0 Å². The van der Waals surface area contributed by atoms with Crippen molar-refractivity contribution in [1.82, 2.24) is 20.6 Å². The number of likely N-dealkylation sites (N-methyl/N-ethyl adjacent to an activating group) is 1. The summed E-state index contributed by atoms with van der Waals surface area (Å²) in [4.78, 5) is 61.0. The molecule has 0 radical (unpaired) electrons. The second-order valence-electron chi connectivity index (χ2n) is 14.1. The largest absolute Gasteiger partial charge is 0.458 e. The van der Waals surface area contributed by atoms with Crippen molar-refractivity contribution in [2.24, 2.45) is 5.41 Å². The first-order valence-corrected chi connectivity index (χ1v) is 18.2. The molecule has 4 aliphatic rings. The third kappa shape index (κ3) is 8.07. The van der Waals surface area contributed by atoms with Crippen LogP contribution in [0.1, 0.15) is 89.2 Å². The third-order valence-electron chi connectivity index (χ3n) is 10.2. The minimum atomic E-state index is -1.36. The maximum atomic E-state index is 14.4. The Morgan fingerprint density at radius 3 is 2.42 bits per heavy atom. The van der Waals surface area contributed by atoms with E-state index in [0.29, 0.717) is 12.8 Å². The van der Waals surface area contributed by atoms with Crippen LogP contribution < -0.4 is 10.6 Å². The predicted molar refractivity (Wildman–Crippen MR) is 184 cm³/mol. The van der Waals surface area contributed by atoms with Gasteiger partial charge >= 0.3 is 5.97 Å². The quantitative estimate of drug-likeness (QED) is 0.118. The highest BCUT2D eigenvalue weighted by Gasteiger charge is 2.76. The molecule has 2 unspecified atom stereocenters. The lowest BCUT2D eigenvalue weighted by Crippen LogP contribution is -2.69. The lowest BCUT2D eigenvalue weighted by molar-refractivity contribution is -0.224. The fourth-order valence-electron chi connectivity index (χ4n) is 7.73. The summed E-state index contributed by atoms with van der Waals surface area (Å²) < 4.78 is 19.8. The highest BCUT2D eigenvalue weighted by Crippen LogP contribution is 2.58. The van der Waals surface area contributed by atoms with Crippen molar-refractivity contribution in [3.05, 3.63) is 41.5 Å². The first kappa shape index (κ1) is 37.9. The lowest BCUT2D eigenvalue weighted by Gasteiger charge is -2.48. The molecule has 0 spiro atoms. The number of aliphatic hydroxyl groups is 1. The molecule has 1 aliphatic carbocycles. The monoisotopic (exact) mass is 698 g/mol. The standard InChI is InChI=1S/C37H54N4O9/c1-5-7-9-17-36(18-10-8-6-2)48-30-27-23-37(35(46)39-19-16-28(43)38-20-21-42)32(34(45)47-27)41(50-33(37)31(30)49-36)24-26-13-11-12-25(22-26)14-15-29(44)40(3)4/h11-15,22,27,30-33,42H,5-10,16-21,23-24H2,1-4H3,(H,38,43)(H,39,46)/t27?,30-,31-,32-,33+,37?/m0/s1. The highest BCUT2D eigenvalue weighted by molar-refractivity contribution is 5.94. The highest BCUT2D eigenvalue weighted by atomic mass is 16.8. The average Bonchev–Trinajstić information content (AvgIpc) is 3.65. The van der Waals surface area contributed by atoms with Crippen LogP contribution in [0.25, 0.3) is 6.08 Å². The number of esters is 1. The van der Waals surface area contributed by atoms with E-state index in [1.54, 1.807) is 25.2 Å². The molecule has 13 nitrogen and oxygen atoms in total. The lowest BCUT2D eigenvalue weighted by atomic mass is 9.62. The van der Waals surface area contributed by atoms with E-state index in [4.69, 9.17) is 24.2 Å². The van der Waals surface area contributed by atoms with Gasteiger partial charge in [0, 0.05) is 58.9 Å². The number of nitrogens with zero attached hydrogens (tertiary/aromatic N) is 2. The number of rotatable bonds is 18. The summed E-state index contributed by atoms with van der Waals surface area (Å²) >= 11 is 0. The molecule has 3 N–H and O–H groups in total. The number of benzene rings is 1. The Kier molecular flexibility index (Phi) is 12.7. The summed E-state index contributed by atoms with van der Waals surface area (Å²) in [7, 11) is 3.37. The second-order valence-corrected chi connectivity index (χ2v) is 14.1. The maximum absolute atomic E-state index is 14.4. The van der Waals surface area contributed by atoms with Crippen LogP contribution in [0.5, 0.6) is 0 Å². The van der Waals surface area contributed by atoms with Gasteiger partial charge in [-0.05, 0) is 30.0 Å². The average molecular weight is 699 g/mol. The molecule has 1 saturated carbocycles. The Balaban J connectivity index is 1.45. The Labute approximate surface area is 294 Å². The van der Waals surface area contributed by atoms with Gasteiger partial charge in [0.25, 0.3) is 0 Å². The summed E-state index contributed by atoms with van der Waals surface area (Å²) in [5.74, 6) is -2.29. The molecule has 6 atom stereocenters. The minimum Gasteiger partial charge on any atom is -0.458 e. The van der Waals surface area contributed by atoms with Gasteiger partial charge in [-0.15, -0.1) is 0 Å². The van der Waals surface area contributed by atoms with Gasteiger partial charge in [-0.3, -0.25) is 24.0 Å². The van der Waals surface area contributed by atoms with Crippen molar-refractivity contribution in [1.29, 1.82) is 0 Å². The fourth-order valence-corrected chi connectivity index (χ4v) is 7.73. The molecule has 13 heteroatoms. The van der Waals surface area contributed by atoms with E-state index in [0.717, 1.165) is 49.7 Å². The van der Waals surface area contributed by atoms with E-state index in [1.807, 2.05) is 24.3 Å². The molecular weight excluding hydrogens is 644 g/mol. The zero-order valence-electron chi connectivity index (χ0n) is 29.9. The number of ether oxygens (including phenoxy) is 3. The van der Waals surface area contributed by atoms with E-state index in [1.165, 1.54) is 11.0 Å². The summed E-state index contributed by atoms with van der Waals surface area (Å²) in [6, 6.07) is 6.48. The number of aliphatic hydroxyl groups excluding tert-OH is 1. The molecule has 50 heavy (non-hydrogen) atoms. The number of amides is 3. The van der Waals surface area contributed by atoms with Gasteiger partial charge in [-0.1, -0.05) is 63.8 Å². The molecule has 3 aliphatic heterocycles. The van der Waals surface area contributed by atoms with Crippen LogP contribution in [0.2, 0.25) is 0 Å². The van der Waals surface area contributed by atoms with Crippen molar-refractivity contribution < 1.29 is 43.3 Å². The van der Waals surface area contributed by atoms with Gasteiger partial charge in [-0.2, -0.15) is 5.06 Å². The molecule has 0 aromatic heterocycles. The minimum absolute atomic E-state index is 0.00979. The van der Waals surface area contributed by atoms with Gasteiger partial charge in [0.15, 0.2) is 11.8 Å². The third-order valence-corrected chi connectivity index (χ3v) is 10.2. The molecular formula is C37H54N4O9. The number of unbranched alkanes of at least 4 members (excludes halogenated alkanes) is 4. The molecule has 1 aromatic carbocycles. The molecule has 3 heterocycles. The summed E-state index contributed by atoms with van der Waals surface area (Å²) in [6.07, 6.45) is 7.98. The number of nitrogens with one attached hydrogen (secondary N) is 2. The molecule has 2 bridgehead atoms. The van der Waals surface area contributed by atoms with E-state index in [2.05, 4.69) is 24.5 Å². The molecule has 3 amide bonds. The van der Waals surface area contributed by atoms with Crippen molar-refractivity contribution >= 4 is 29.8 Å². The number of fused-ring (bicyclic) bond motifs is 4. The van der Waals surface area contributed by atoms with E-state index < -0.39 is 53.5 Å². The van der Waals surface area contributed by atoms with E-state index in [9.17, 15) is 19.2 Å². The molecule has 5 rings (SSSR count). The van der Waals surface area contributed by atoms with Gasteiger partial charge in [0.1, 0.15) is 29.8 Å². The Bertz CT molecular complexity index is 1390. The van der Waals surface area contributed by atoms with Crippen LogP contribution >= 0.6 is 0 Å². The number of hydrogen-bond acceptors (Lipinski definition) is 10. The summed E-state index contributed by atoms with van der Waals surface area (Å²) in [5.41, 5.74) is 0.247. The SMILES string of the molecule is CCCCCC1(CCCCC)O[C@@H]2[C@H]3ON(Cc4cccc(C=CC(=O)N(C)C)c4)[C@H]4C(=O)OC(CC34C(=O)NCCC(=O)NCCO)[C@@H]2O1. The second kappa shape index (κ2) is 16.8. The predicted octanol–water partition coefficient (Wildman–Crippen LogP) is 2.84. The number of hydroxylamine groups is 2. The molecule has 1 aromatic rings. The zero-order valence-corrected chi connectivity index (χ0v) is 29.9. The van der Waals surface area contributed by atoms with Crippen LogP contribution in [0, 0.1) is 5.41 Å². The normalized spacial score (nSPS) is 27.9. The van der Waals surface area contributed by atoms with Crippen molar-refractivity contribution in [2.45, 2.75) is 121 Å². The van der Waals surface area contributed by atoms with Crippen molar-refractivity contribution in [2.75, 3.05) is 33.8 Å². The maximum Gasteiger partial charge on any atom is 0.327 e. The topological polar surface area (TPSA) is 156 Å². The van der Waals surface area contributed by atoms with Gasteiger partial charge in [-0.25, -0.2) is 0 Å². The molecule has 276 valence electrons. The Morgan fingerprint density at radius 1 is 1.02 bits per heavy atom. The number of hydrogen-bond donors (Lipinski definition) is 3. The summed E-state index contributed by atoms with van der Waals surface area (Å²) in [6.45, 7) is 4.45. The Morgan fingerprint density at radius 2 is 1.74 bits per heavy atom. The van der Waals surface area contributed by atoms with E-state index in [-0.39, 0.29) is 50.9 Å². The van der Waals surface area contributed by atoms with Gasteiger partial charge in [0.2, 0.25) is 17.7 Å². The zero-order chi connectivity index (χ0) is 35.9. The molecule has 3 saturated heterocycles. The first-order valence-electron chi connectivity index (χ1n) is 18.2. The van der Waals surface area contributed by atoms with Crippen LogP contribution in [0.3, 0.4) is 0 Å². The summed E-state index contributed by atoms with van der Waals surface area (Å²) in [5, 5.41) is 16.1. The van der Waals surface area contributed by atoms with Crippen molar-refractivity contribution in [3.8, 4) is 0 Å². The number of carbonyl (C=O) groups is 4. The smallest absolute Gasteiger partial charge is 0.327 e. The Hall–Kier alpha value is -3.36. The van der Waals surface area contributed by atoms with Crippen LogP contribution in [-0.4, -0.2) is 109 Å². The fraction of sp³-hybridized carbons (Fsp3) is 0.676.